The van der Waals surface area contributed by atoms with E-state index in [4.69, 9.17) is 10.5 Å². The Morgan fingerprint density at radius 1 is 1.26 bits per heavy atom. The van der Waals surface area contributed by atoms with Crippen LogP contribution in [-0.4, -0.2) is 17.1 Å². The van der Waals surface area contributed by atoms with Crippen LogP contribution < -0.4 is 10.5 Å². The Bertz CT molecular complexity index is 462. The third-order valence-corrected chi connectivity index (χ3v) is 3.54. The summed E-state index contributed by atoms with van der Waals surface area (Å²) in [5.41, 5.74) is 7.00. The molecule has 1 aliphatic rings. The number of ether oxygens (including phenoxy) is 1. The monoisotopic (exact) mass is 264 g/mol. The van der Waals surface area contributed by atoms with Crippen LogP contribution in [0.1, 0.15) is 37.7 Å². The highest BCUT2D eigenvalue weighted by Gasteiger charge is 2.22. The van der Waals surface area contributed by atoms with Crippen LogP contribution in [0.5, 0.6) is 5.75 Å². The van der Waals surface area contributed by atoms with Gasteiger partial charge in [-0.05, 0) is 37.8 Å². The summed E-state index contributed by atoms with van der Waals surface area (Å²) in [6.07, 6.45) is 5.26. The number of rotatable bonds is 3. The molecule has 0 radical (unpaired) electrons. The van der Waals surface area contributed by atoms with Crippen molar-refractivity contribution >= 4 is 5.69 Å². The number of nitrogens with two attached hydrogens (primary N) is 1. The first-order valence-electron chi connectivity index (χ1n) is 6.74. The van der Waals surface area contributed by atoms with Crippen LogP contribution in [-0.2, 0) is 0 Å². The second-order valence-corrected chi connectivity index (χ2v) is 5.22. The fourth-order valence-corrected chi connectivity index (χ4v) is 2.53. The van der Waals surface area contributed by atoms with Gasteiger partial charge in [0.1, 0.15) is 11.9 Å². The molecule has 0 saturated heterocycles. The predicted molar refractivity (Wildman–Crippen MR) is 73.3 cm³/mol. The van der Waals surface area contributed by atoms with E-state index in [0.717, 1.165) is 31.2 Å². The standard InChI is InChI=1S/C14H20N2O3/c1-10-7-11(16(17)18)9-12(8-10)19-14-6-4-2-3-5-13(14)15/h7-9,13-14H,2-6,15H2,1H3. The molecule has 0 bridgehead atoms. The van der Waals surface area contributed by atoms with Gasteiger partial charge in [0.05, 0.1) is 11.0 Å². The minimum absolute atomic E-state index is 0.0158. The Balaban J connectivity index is 2.15. The molecule has 0 aliphatic heterocycles. The maximum absolute atomic E-state index is 10.8. The Morgan fingerprint density at radius 2 is 2.00 bits per heavy atom. The van der Waals surface area contributed by atoms with Crippen molar-refractivity contribution in [3.05, 3.63) is 33.9 Å². The summed E-state index contributed by atoms with van der Waals surface area (Å²) in [6.45, 7) is 1.83. The Hall–Kier alpha value is -1.62. The van der Waals surface area contributed by atoms with E-state index in [-0.39, 0.29) is 17.8 Å². The highest BCUT2D eigenvalue weighted by molar-refractivity contribution is 5.42. The van der Waals surface area contributed by atoms with E-state index in [1.165, 1.54) is 12.5 Å². The van der Waals surface area contributed by atoms with Gasteiger partial charge in [-0.1, -0.05) is 12.8 Å². The van der Waals surface area contributed by atoms with Crippen LogP contribution in [0.15, 0.2) is 18.2 Å². The van der Waals surface area contributed by atoms with Crippen molar-refractivity contribution in [2.75, 3.05) is 0 Å². The molecule has 0 aromatic heterocycles. The first-order chi connectivity index (χ1) is 9.06. The molecule has 0 amide bonds. The van der Waals surface area contributed by atoms with Gasteiger partial charge in [0.15, 0.2) is 0 Å². The number of non-ortho nitro benzene ring substituents is 1. The number of benzene rings is 1. The Morgan fingerprint density at radius 3 is 2.74 bits per heavy atom. The lowest BCUT2D eigenvalue weighted by Crippen LogP contribution is -2.37. The SMILES string of the molecule is Cc1cc(OC2CCCCCC2N)cc([N+](=O)[O-])c1. The van der Waals surface area contributed by atoms with Crippen molar-refractivity contribution < 1.29 is 9.66 Å². The maximum Gasteiger partial charge on any atom is 0.273 e. The average Bonchev–Trinajstić information content (AvgIpc) is 2.54. The second-order valence-electron chi connectivity index (χ2n) is 5.22. The summed E-state index contributed by atoms with van der Waals surface area (Å²) in [5.74, 6) is 0.550. The van der Waals surface area contributed by atoms with Crippen molar-refractivity contribution in [2.24, 2.45) is 5.73 Å². The molecular weight excluding hydrogens is 244 g/mol. The zero-order chi connectivity index (χ0) is 13.8. The van der Waals surface area contributed by atoms with E-state index in [1.54, 1.807) is 6.07 Å². The van der Waals surface area contributed by atoms with Gasteiger partial charge in [0, 0.05) is 12.1 Å². The Kier molecular flexibility index (Phi) is 4.37. The summed E-state index contributed by atoms with van der Waals surface area (Å²) in [4.78, 5) is 10.4. The van der Waals surface area contributed by atoms with Gasteiger partial charge >= 0.3 is 0 Å². The van der Waals surface area contributed by atoms with Crippen LogP contribution >= 0.6 is 0 Å². The second kappa shape index (κ2) is 6.02. The quantitative estimate of drug-likeness (QED) is 0.517. The molecule has 2 unspecified atom stereocenters. The van der Waals surface area contributed by atoms with Crippen LogP contribution in [0.4, 0.5) is 5.69 Å². The van der Waals surface area contributed by atoms with Crippen molar-refractivity contribution in [1.82, 2.24) is 0 Å². The van der Waals surface area contributed by atoms with Gasteiger partial charge in [0.25, 0.3) is 5.69 Å². The van der Waals surface area contributed by atoms with Crippen LogP contribution in [0.25, 0.3) is 0 Å². The molecule has 19 heavy (non-hydrogen) atoms. The average molecular weight is 264 g/mol. The number of nitro groups is 1. The fraction of sp³-hybridized carbons (Fsp3) is 0.571. The molecule has 2 rings (SSSR count). The van der Waals surface area contributed by atoms with Crippen LogP contribution in [0.3, 0.4) is 0 Å². The molecule has 1 saturated carbocycles. The van der Waals surface area contributed by atoms with Crippen molar-refractivity contribution in [2.45, 2.75) is 51.2 Å². The van der Waals surface area contributed by atoms with Crippen molar-refractivity contribution in [3.63, 3.8) is 0 Å². The van der Waals surface area contributed by atoms with Gasteiger partial charge in [-0.15, -0.1) is 0 Å². The van der Waals surface area contributed by atoms with Crippen LogP contribution in [0.2, 0.25) is 0 Å². The molecule has 2 N–H and O–H groups in total. The fourth-order valence-electron chi connectivity index (χ4n) is 2.53. The van der Waals surface area contributed by atoms with Gasteiger partial charge in [-0.2, -0.15) is 0 Å². The van der Waals surface area contributed by atoms with E-state index in [1.807, 2.05) is 13.0 Å². The largest absolute Gasteiger partial charge is 0.489 e. The smallest absolute Gasteiger partial charge is 0.273 e. The summed E-state index contributed by atoms with van der Waals surface area (Å²) in [5, 5.41) is 10.8. The summed E-state index contributed by atoms with van der Waals surface area (Å²) >= 11 is 0. The lowest BCUT2D eigenvalue weighted by Gasteiger charge is -2.23. The number of hydrogen-bond donors (Lipinski definition) is 1. The lowest BCUT2D eigenvalue weighted by molar-refractivity contribution is -0.385. The number of hydrogen-bond acceptors (Lipinski definition) is 4. The van der Waals surface area contributed by atoms with E-state index in [9.17, 15) is 10.1 Å². The van der Waals surface area contributed by atoms with Gasteiger partial charge in [-0.3, -0.25) is 10.1 Å². The molecule has 1 aliphatic carbocycles. The van der Waals surface area contributed by atoms with E-state index in [0.29, 0.717) is 5.75 Å². The molecular formula is C14H20N2O3. The predicted octanol–water partition coefficient (Wildman–Crippen LogP) is 2.94. The molecule has 2 atom stereocenters. The van der Waals surface area contributed by atoms with Crippen molar-refractivity contribution in [1.29, 1.82) is 0 Å². The van der Waals surface area contributed by atoms with Crippen LogP contribution in [0, 0.1) is 17.0 Å². The number of aryl methyl sites for hydroxylation is 1. The molecule has 5 heteroatoms. The minimum atomic E-state index is -0.396. The van der Waals surface area contributed by atoms with E-state index < -0.39 is 4.92 Å². The zero-order valence-electron chi connectivity index (χ0n) is 11.2. The van der Waals surface area contributed by atoms with Gasteiger partial charge < -0.3 is 10.5 Å². The molecule has 5 nitrogen and oxygen atoms in total. The maximum atomic E-state index is 10.8. The molecule has 104 valence electrons. The summed E-state index contributed by atoms with van der Waals surface area (Å²) in [7, 11) is 0. The highest BCUT2D eigenvalue weighted by Crippen LogP contribution is 2.26. The van der Waals surface area contributed by atoms with Gasteiger partial charge in [-0.25, -0.2) is 0 Å². The first-order valence-corrected chi connectivity index (χ1v) is 6.74. The summed E-state index contributed by atoms with van der Waals surface area (Å²) in [6, 6.07) is 4.86. The lowest BCUT2D eigenvalue weighted by atomic mass is 10.1. The van der Waals surface area contributed by atoms with E-state index in [2.05, 4.69) is 0 Å². The third-order valence-electron chi connectivity index (χ3n) is 3.54. The molecule has 0 spiro atoms. The molecule has 0 heterocycles. The molecule has 1 aromatic rings. The third kappa shape index (κ3) is 3.67. The zero-order valence-corrected chi connectivity index (χ0v) is 11.2. The number of nitro benzene ring substituents is 1. The topological polar surface area (TPSA) is 78.4 Å². The van der Waals surface area contributed by atoms with E-state index >= 15 is 0 Å². The van der Waals surface area contributed by atoms with Crippen molar-refractivity contribution in [3.8, 4) is 5.75 Å². The normalized spacial score (nSPS) is 23.7. The number of nitrogens with zero attached hydrogens (tertiary/aromatic N) is 1. The first kappa shape index (κ1) is 13.8. The minimum Gasteiger partial charge on any atom is -0.489 e. The highest BCUT2D eigenvalue weighted by atomic mass is 16.6. The summed E-state index contributed by atoms with van der Waals surface area (Å²) < 4.78 is 5.89. The molecule has 1 fully saturated rings. The molecule has 1 aromatic carbocycles. The van der Waals surface area contributed by atoms with Gasteiger partial charge in [0.2, 0.25) is 0 Å². The Labute approximate surface area is 112 Å².